The average Bonchev–Trinajstić information content (AvgIpc) is 1.87. The Bertz CT molecular complexity index is 143. The molecule has 1 heteroatoms. The van der Waals surface area contributed by atoms with E-state index in [9.17, 15) is 0 Å². The molecule has 0 unspecified atom stereocenters. The molecule has 0 spiro atoms. The van der Waals surface area contributed by atoms with Crippen molar-refractivity contribution in [3.8, 4) is 0 Å². The number of hydrogen-bond donors (Lipinski definition) is 1. The molecule has 0 saturated carbocycles. The molecule has 0 amide bonds. The third-order valence-electron chi connectivity index (χ3n) is 1.58. The molecule has 0 bridgehead atoms. The van der Waals surface area contributed by atoms with Crippen LogP contribution in [0.5, 0.6) is 0 Å². The van der Waals surface area contributed by atoms with E-state index in [-0.39, 0.29) is 0 Å². The Labute approximate surface area is 63.7 Å². The minimum Gasteiger partial charge on any atom is -0.305 e. The summed E-state index contributed by atoms with van der Waals surface area (Å²) >= 11 is 0. The molecule has 0 aliphatic heterocycles. The fourth-order valence-corrected chi connectivity index (χ4v) is 0.534. The van der Waals surface area contributed by atoms with Crippen LogP contribution in [0.1, 0.15) is 34.1 Å². The molecule has 58 valence electrons. The van der Waals surface area contributed by atoms with E-state index in [0.29, 0.717) is 5.92 Å². The Morgan fingerprint density at radius 3 is 2.30 bits per heavy atom. The van der Waals surface area contributed by atoms with E-state index in [2.05, 4.69) is 13.8 Å². The van der Waals surface area contributed by atoms with E-state index < -0.39 is 0 Å². The van der Waals surface area contributed by atoms with Crippen LogP contribution < -0.4 is 0 Å². The highest BCUT2D eigenvalue weighted by atomic mass is 14.4. The van der Waals surface area contributed by atoms with Gasteiger partial charge in [0, 0.05) is 5.71 Å². The molecule has 0 atom stereocenters. The van der Waals surface area contributed by atoms with Crippen LogP contribution in [0.15, 0.2) is 11.6 Å². The fraction of sp³-hybridized carbons (Fsp3) is 0.667. The van der Waals surface area contributed by atoms with Crippen LogP contribution in [0, 0.1) is 11.3 Å². The molecule has 0 aromatic heterocycles. The van der Waals surface area contributed by atoms with Crippen LogP contribution in [0.4, 0.5) is 0 Å². The SMILES string of the molecule is CCC(C)=CC(=N)C(C)C. The molecule has 10 heavy (non-hydrogen) atoms. The maximum atomic E-state index is 7.50. The molecule has 0 radical (unpaired) electrons. The Balaban J connectivity index is 4.00. The van der Waals surface area contributed by atoms with Gasteiger partial charge in [0.1, 0.15) is 0 Å². The highest BCUT2D eigenvalue weighted by Gasteiger charge is 1.97. The van der Waals surface area contributed by atoms with Gasteiger partial charge < -0.3 is 5.41 Å². The molecule has 0 heterocycles. The van der Waals surface area contributed by atoms with Gasteiger partial charge >= 0.3 is 0 Å². The van der Waals surface area contributed by atoms with Gasteiger partial charge in [0.25, 0.3) is 0 Å². The van der Waals surface area contributed by atoms with Crippen molar-refractivity contribution in [1.29, 1.82) is 5.41 Å². The van der Waals surface area contributed by atoms with Gasteiger partial charge in [-0.25, -0.2) is 0 Å². The summed E-state index contributed by atoms with van der Waals surface area (Å²) in [4.78, 5) is 0. The molecule has 0 saturated heterocycles. The zero-order valence-corrected chi connectivity index (χ0v) is 7.36. The first-order valence-electron chi connectivity index (χ1n) is 3.83. The summed E-state index contributed by atoms with van der Waals surface area (Å²) in [5.41, 5.74) is 2.03. The lowest BCUT2D eigenvalue weighted by atomic mass is 10.1. The second-order valence-corrected chi connectivity index (χ2v) is 2.95. The minimum atomic E-state index is 0.362. The number of rotatable bonds is 3. The Morgan fingerprint density at radius 2 is 2.00 bits per heavy atom. The molecule has 0 rings (SSSR count). The Hall–Kier alpha value is -0.590. The average molecular weight is 139 g/mol. The van der Waals surface area contributed by atoms with E-state index in [1.54, 1.807) is 0 Å². The molecular weight excluding hydrogens is 122 g/mol. The summed E-state index contributed by atoms with van der Waals surface area (Å²) in [5.74, 6) is 0.362. The smallest absolute Gasteiger partial charge is 0.0338 e. The lowest BCUT2D eigenvalue weighted by Crippen LogP contribution is -2.01. The largest absolute Gasteiger partial charge is 0.305 e. The van der Waals surface area contributed by atoms with Crippen molar-refractivity contribution < 1.29 is 0 Å². The normalized spacial score (nSPS) is 12.3. The van der Waals surface area contributed by atoms with Crippen LogP contribution in [0.2, 0.25) is 0 Å². The summed E-state index contributed by atoms with van der Waals surface area (Å²) in [6, 6.07) is 0. The first kappa shape index (κ1) is 9.41. The van der Waals surface area contributed by atoms with Crippen molar-refractivity contribution in [3.05, 3.63) is 11.6 Å². The zero-order chi connectivity index (χ0) is 8.15. The molecule has 1 N–H and O–H groups in total. The highest BCUT2D eigenvalue weighted by molar-refractivity contribution is 5.94. The van der Waals surface area contributed by atoms with Crippen molar-refractivity contribution in [1.82, 2.24) is 0 Å². The van der Waals surface area contributed by atoms with E-state index in [1.165, 1.54) is 5.57 Å². The molecule has 0 fully saturated rings. The molecular formula is C9H17N. The standard InChI is InChI=1S/C9H17N/c1-5-8(4)6-9(10)7(2)3/h6-7,10H,5H2,1-4H3. The van der Waals surface area contributed by atoms with Crippen LogP contribution in [-0.4, -0.2) is 5.71 Å². The maximum Gasteiger partial charge on any atom is 0.0338 e. The molecule has 0 aromatic rings. The van der Waals surface area contributed by atoms with Gasteiger partial charge in [0.15, 0.2) is 0 Å². The summed E-state index contributed by atoms with van der Waals surface area (Å²) in [6.45, 7) is 8.26. The third kappa shape index (κ3) is 3.44. The van der Waals surface area contributed by atoms with E-state index in [0.717, 1.165) is 12.1 Å². The quantitative estimate of drug-likeness (QED) is 0.581. The van der Waals surface area contributed by atoms with Crippen LogP contribution >= 0.6 is 0 Å². The van der Waals surface area contributed by atoms with Crippen molar-refractivity contribution in [3.63, 3.8) is 0 Å². The second kappa shape index (κ2) is 4.26. The van der Waals surface area contributed by atoms with Crippen molar-refractivity contribution >= 4 is 5.71 Å². The summed E-state index contributed by atoms with van der Waals surface area (Å²) in [7, 11) is 0. The van der Waals surface area contributed by atoms with E-state index in [1.807, 2.05) is 19.9 Å². The molecule has 0 aliphatic carbocycles. The van der Waals surface area contributed by atoms with Gasteiger partial charge in [-0.05, 0) is 25.3 Å². The minimum absolute atomic E-state index is 0.362. The van der Waals surface area contributed by atoms with E-state index in [4.69, 9.17) is 5.41 Å². The molecule has 1 nitrogen and oxygen atoms in total. The summed E-state index contributed by atoms with van der Waals surface area (Å²) < 4.78 is 0. The lowest BCUT2D eigenvalue weighted by molar-refractivity contribution is 0.879. The van der Waals surface area contributed by atoms with Gasteiger partial charge in [-0.1, -0.05) is 26.3 Å². The number of nitrogens with one attached hydrogen (secondary N) is 1. The first-order valence-corrected chi connectivity index (χ1v) is 3.83. The zero-order valence-electron chi connectivity index (χ0n) is 7.36. The van der Waals surface area contributed by atoms with Crippen molar-refractivity contribution in [2.24, 2.45) is 5.92 Å². The monoisotopic (exact) mass is 139 g/mol. The first-order chi connectivity index (χ1) is 4.57. The lowest BCUT2D eigenvalue weighted by Gasteiger charge is -2.02. The maximum absolute atomic E-state index is 7.50. The van der Waals surface area contributed by atoms with Crippen molar-refractivity contribution in [2.45, 2.75) is 34.1 Å². The highest BCUT2D eigenvalue weighted by Crippen LogP contribution is 2.03. The Kier molecular flexibility index (Phi) is 4.01. The predicted octanol–water partition coefficient (Wildman–Crippen LogP) is 3.02. The Morgan fingerprint density at radius 1 is 1.50 bits per heavy atom. The van der Waals surface area contributed by atoms with Gasteiger partial charge in [-0.15, -0.1) is 0 Å². The molecule has 0 aliphatic rings. The van der Waals surface area contributed by atoms with Crippen LogP contribution in [0.25, 0.3) is 0 Å². The third-order valence-corrected chi connectivity index (χ3v) is 1.58. The summed E-state index contributed by atoms with van der Waals surface area (Å²) in [6.07, 6.45) is 3.01. The van der Waals surface area contributed by atoms with E-state index >= 15 is 0 Å². The van der Waals surface area contributed by atoms with Gasteiger partial charge in [-0.2, -0.15) is 0 Å². The second-order valence-electron chi connectivity index (χ2n) is 2.95. The summed E-state index contributed by atoms with van der Waals surface area (Å²) in [5, 5.41) is 7.50. The fourth-order valence-electron chi connectivity index (χ4n) is 0.534. The topological polar surface area (TPSA) is 23.9 Å². The van der Waals surface area contributed by atoms with Gasteiger partial charge in [0.05, 0.1) is 0 Å². The van der Waals surface area contributed by atoms with Crippen LogP contribution in [0.3, 0.4) is 0 Å². The molecule has 0 aromatic carbocycles. The predicted molar refractivity (Wildman–Crippen MR) is 46.6 cm³/mol. The number of allylic oxidation sites excluding steroid dienone is 2. The van der Waals surface area contributed by atoms with Gasteiger partial charge in [-0.3, -0.25) is 0 Å². The number of hydrogen-bond acceptors (Lipinski definition) is 1. The van der Waals surface area contributed by atoms with Crippen molar-refractivity contribution in [2.75, 3.05) is 0 Å². The van der Waals surface area contributed by atoms with Gasteiger partial charge in [0.2, 0.25) is 0 Å². The van der Waals surface area contributed by atoms with Crippen LogP contribution in [-0.2, 0) is 0 Å².